The predicted octanol–water partition coefficient (Wildman–Crippen LogP) is 1.86. The van der Waals surface area contributed by atoms with Crippen LogP contribution in [0.4, 0.5) is 22.8 Å². The van der Waals surface area contributed by atoms with Crippen LogP contribution in [0.3, 0.4) is 0 Å². The van der Waals surface area contributed by atoms with E-state index in [1.54, 1.807) is 6.07 Å². The molecule has 2 amide bonds. The van der Waals surface area contributed by atoms with Crippen molar-refractivity contribution in [3.05, 3.63) is 35.9 Å². The van der Waals surface area contributed by atoms with Gasteiger partial charge in [-0.15, -0.1) is 9.37 Å². The molecule has 0 radical (unpaired) electrons. The molecule has 0 bridgehead atoms. The van der Waals surface area contributed by atoms with Crippen molar-refractivity contribution in [2.45, 2.75) is 12.1 Å². The van der Waals surface area contributed by atoms with Gasteiger partial charge in [0.15, 0.2) is 0 Å². The zero-order chi connectivity index (χ0) is 19.4. The van der Waals surface area contributed by atoms with Crippen LogP contribution in [0.15, 0.2) is 30.3 Å². The monoisotopic (exact) mass is 385 g/mol. The fourth-order valence-corrected chi connectivity index (χ4v) is 2.13. The number of carbonyl (C=O) groups is 2. The van der Waals surface area contributed by atoms with Gasteiger partial charge in [-0.1, -0.05) is 30.3 Å². The van der Waals surface area contributed by atoms with Gasteiger partial charge < -0.3 is 10.2 Å². The first kappa shape index (κ1) is 20.2. The largest absolute Gasteiger partial charge is 0.517 e. The Morgan fingerprint density at radius 3 is 2.04 bits per heavy atom. The van der Waals surface area contributed by atoms with E-state index in [4.69, 9.17) is 15.6 Å². The minimum absolute atomic E-state index is 0.321. The minimum Gasteiger partial charge on any atom is -0.464 e. The first-order chi connectivity index (χ1) is 11.4. The lowest BCUT2D eigenvalue weighted by Crippen LogP contribution is -2.54. The first-order valence-corrected chi connectivity index (χ1v) is 7.46. The van der Waals surface area contributed by atoms with Gasteiger partial charge >= 0.3 is 27.7 Å². The van der Waals surface area contributed by atoms with Gasteiger partial charge in [-0.05, 0) is 5.56 Å². The molecule has 0 saturated heterocycles. The smallest absolute Gasteiger partial charge is 0.464 e. The first-order valence-electron chi connectivity index (χ1n) is 6.02. The number of guanidine groups is 1. The van der Waals surface area contributed by atoms with Crippen molar-refractivity contribution in [3.8, 4) is 0 Å². The Kier molecular flexibility index (Phi) is 5.93. The molecule has 25 heavy (non-hydrogen) atoms. The Morgan fingerprint density at radius 1 is 1.12 bits per heavy atom. The number of hydroxylamine groups is 2. The maximum atomic E-state index is 12.5. The highest BCUT2D eigenvalue weighted by atomic mass is 32.2. The van der Waals surface area contributed by atoms with Crippen molar-refractivity contribution in [1.29, 1.82) is 5.41 Å². The van der Waals surface area contributed by atoms with Crippen molar-refractivity contribution >= 4 is 28.2 Å². The van der Waals surface area contributed by atoms with E-state index in [1.165, 1.54) is 24.3 Å². The lowest BCUT2D eigenvalue weighted by Gasteiger charge is -2.26. The summed E-state index contributed by atoms with van der Waals surface area (Å²) in [6.45, 7) is -0.588. The number of carboxylic acid groups (broad SMARTS) is 2. The van der Waals surface area contributed by atoms with Crippen molar-refractivity contribution in [2.75, 3.05) is 0 Å². The molecule has 3 N–H and O–H groups in total. The molecule has 0 heterocycles. The number of sulfonamides is 1. The van der Waals surface area contributed by atoms with Crippen molar-refractivity contribution in [2.24, 2.45) is 0 Å². The fraction of sp³-hybridized carbons (Fsp3) is 0.182. The molecule has 10 nitrogen and oxygen atoms in total. The van der Waals surface area contributed by atoms with Gasteiger partial charge in [0.25, 0.3) is 5.96 Å². The van der Waals surface area contributed by atoms with Crippen LogP contribution >= 0.6 is 0 Å². The maximum Gasteiger partial charge on any atom is 0.517 e. The maximum absolute atomic E-state index is 12.5. The molecule has 0 saturated carbocycles. The second-order valence-electron chi connectivity index (χ2n) is 4.16. The van der Waals surface area contributed by atoms with Gasteiger partial charge in [0.2, 0.25) is 0 Å². The van der Waals surface area contributed by atoms with Crippen LogP contribution in [-0.4, -0.2) is 51.7 Å². The molecular weight excluding hydrogens is 375 g/mol. The average Bonchev–Trinajstić information content (AvgIpc) is 2.46. The fourth-order valence-electron chi connectivity index (χ4n) is 1.41. The molecule has 1 aromatic rings. The summed E-state index contributed by atoms with van der Waals surface area (Å²) in [6.07, 6.45) is -4.94. The highest BCUT2D eigenvalue weighted by Crippen LogP contribution is 2.27. The Labute approximate surface area is 138 Å². The lowest BCUT2D eigenvalue weighted by atomic mass is 10.2. The molecule has 138 valence electrons. The van der Waals surface area contributed by atoms with Crippen molar-refractivity contribution in [3.63, 3.8) is 0 Å². The molecule has 0 aliphatic heterocycles. The number of rotatable bonds is 4. The van der Waals surface area contributed by atoms with E-state index in [1.807, 2.05) is 0 Å². The van der Waals surface area contributed by atoms with Crippen molar-refractivity contribution < 1.29 is 46.2 Å². The molecule has 1 rings (SSSR count). The second kappa shape index (κ2) is 7.35. The third kappa shape index (κ3) is 4.57. The normalized spacial score (nSPS) is 11.6. The molecule has 1 aromatic carbocycles. The van der Waals surface area contributed by atoms with E-state index in [2.05, 4.69) is 4.84 Å². The Balaban J connectivity index is 3.14. The van der Waals surface area contributed by atoms with Crippen LogP contribution in [-0.2, 0) is 21.5 Å². The molecule has 14 heteroatoms. The highest BCUT2D eigenvalue weighted by Gasteiger charge is 2.55. The summed E-state index contributed by atoms with van der Waals surface area (Å²) in [4.78, 5) is 26.5. The number of benzene rings is 1. The molecule has 0 unspecified atom stereocenters. The number of nitrogens with one attached hydrogen (secondary N) is 1. The van der Waals surface area contributed by atoms with E-state index < -0.39 is 49.7 Å². The molecule has 0 aliphatic rings. The van der Waals surface area contributed by atoms with Gasteiger partial charge in [0.1, 0.15) is 6.61 Å². The summed E-state index contributed by atoms with van der Waals surface area (Å²) < 4.78 is 58.6. The Morgan fingerprint density at radius 2 is 1.64 bits per heavy atom. The van der Waals surface area contributed by atoms with E-state index >= 15 is 0 Å². The number of halogens is 3. The summed E-state index contributed by atoms with van der Waals surface area (Å²) in [6, 6.07) is 7.51. The summed E-state index contributed by atoms with van der Waals surface area (Å²) in [5.74, 6) is -2.09. The van der Waals surface area contributed by atoms with Crippen LogP contribution in [0.1, 0.15) is 5.56 Å². The van der Waals surface area contributed by atoms with Crippen LogP contribution in [0.25, 0.3) is 0 Å². The zero-order valence-electron chi connectivity index (χ0n) is 12.0. The number of nitrogens with zero attached hydrogens (tertiary/aromatic N) is 2. The number of alkyl halides is 3. The van der Waals surface area contributed by atoms with E-state index in [-0.39, 0.29) is 0 Å². The molecule has 0 fully saturated rings. The van der Waals surface area contributed by atoms with E-state index in [0.29, 0.717) is 5.56 Å². The Hall–Kier alpha value is -2.87. The van der Waals surface area contributed by atoms with Crippen LogP contribution < -0.4 is 0 Å². The van der Waals surface area contributed by atoms with Crippen LogP contribution in [0, 0.1) is 5.41 Å². The zero-order valence-corrected chi connectivity index (χ0v) is 12.8. The quantitative estimate of drug-likeness (QED) is 0.407. The molecule has 0 atom stereocenters. The second-order valence-corrected chi connectivity index (χ2v) is 5.94. The van der Waals surface area contributed by atoms with Gasteiger partial charge in [0, 0.05) is 0 Å². The average molecular weight is 385 g/mol. The number of hydrogen-bond acceptors (Lipinski definition) is 6. The summed E-state index contributed by atoms with van der Waals surface area (Å²) in [7, 11) is -6.57. The molecule has 0 aromatic heterocycles. The molecular formula is C11H10F3N3O7S. The minimum atomic E-state index is -6.57. The van der Waals surface area contributed by atoms with Crippen molar-refractivity contribution in [1.82, 2.24) is 9.37 Å². The third-order valence-electron chi connectivity index (χ3n) is 2.47. The summed E-state index contributed by atoms with van der Waals surface area (Å²) in [5.41, 5.74) is -5.76. The Bertz CT molecular complexity index is 767. The third-order valence-corrected chi connectivity index (χ3v) is 3.86. The summed E-state index contributed by atoms with van der Waals surface area (Å²) in [5, 5.41) is 24.2. The van der Waals surface area contributed by atoms with Gasteiger partial charge in [-0.25, -0.2) is 9.59 Å². The van der Waals surface area contributed by atoms with Gasteiger partial charge in [0.05, 0.1) is 0 Å². The number of hydrogen-bond donors (Lipinski definition) is 3. The standard InChI is InChI=1S/C11H10F3N3O7S/c12-11(13,14)25(22,23)17(10(20)21)8(15)16(9(18)19)24-6-7-4-2-1-3-5-7/h1-5,15H,6H2,(H,18,19)(H,20,21). The van der Waals surface area contributed by atoms with Gasteiger partial charge in [-0.3, -0.25) is 10.2 Å². The topological polar surface area (TPSA) is 148 Å². The summed E-state index contributed by atoms with van der Waals surface area (Å²) >= 11 is 0. The molecule has 0 aliphatic carbocycles. The van der Waals surface area contributed by atoms with Gasteiger partial charge in [-0.2, -0.15) is 21.6 Å². The predicted molar refractivity (Wildman–Crippen MR) is 73.7 cm³/mol. The van der Waals surface area contributed by atoms with Crippen LogP contribution in [0.2, 0.25) is 0 Å². The van der Waals surface area contributed by atoms with Crippen LogP contribution in [0.5, 0.6) is 0 Å². The lowest BCUT2D eigenvalue weighted by molar-refractivity contribution is -0.0943. The van der Waals surface area contributed by atoms with E-state index in [0.717, 1.165) is 0 Å². The van der Waals surface area contributed by atoms with E-state index in [9.17, 15) is 31.2 Å². The number of amides is 2. The highest BCUT2D eigenvalue weighted by molar-refractivity contribution is 7.91. The molecule has 0 spiro atoms. The SMILES string of the molecule is N=C(N(OCc1ccccc1)C(=O)O)N(C(=O)O)S(=O)(=O)C(F)(F)F.